The molecule has 5 amide bonds. The lowest BCUT2D eigenvalue weighted by atomic mass is 10.1. The summed E-state index contributed by atoms with van der Waals surface area (Å²) in [5.41, 5.74) is 2.37. The van der Waals surface area contributed by atoms with Gasteiger partial charge in [-0.2, -0.15) is 0 Å². The van der Waals surface area contributed by atoms with E-state index in [1.165, 1.54) is 11.1 Å². The van der Waals surface area contributed by atoms with E-state index in [9.17, 15) is 44.1 Å². The second-order valence-electron chi connectivity index (χ2n) is 11.2. The van der Waals surface area contributed by atoms with Gasteiger partial charge in [-0.3, -0.25) is 19.3 Å². The van der Waals surface area contributed by atoms with Crippen LogP contribution in [0, 0.1) is 6.92 Å². The van der Waals surface area contributed by atoms with Gasteiger partial charge in [-0.05, 0) is 44.6 Å². The van der Waals surface area contributed by atoms with Crippen molar-refractivity contribution in [3.63, 3.8) is 0 Å². The van der Waals surface area contributed by atoms with Crippen molar-refractivity contribution in [2.45, 2.75) is 51.5 Å². The van der Waals surface area contributed by atoms with Gasteiger partial charge in [-0.25, -0.2) is 14.4 Å². The van der Waals surface area contributed by atoms with E-state index in [0.717, 1.165) is 27.5 Å². The SMILES string of the molecule is Cc1ccc(CCCC(=O)NCCCCC(NC(=O)CN2CCN(C(=O)O)CCN(C(=O)O)CCN(C(=O)O)CC2)C(=O)S)cc1. The van der Waals surface area contributed by atoms with Crippen molar-refractivity contribution >= 4 is 47.8 Å². The third-order valence-electron chi connectivity index (χ3n) is 7.70. The highest BCUT2D eigenvalue weighted by molar-refractivity contribution is 7.96. The molecule has 1 aliphatic heterocycles. The van der Waals surface area contributed by atoms with Crippen molar-refractivity contribution in [2.75, 3.05) is 65.4 Å². The molecule has 5 N–H and O–H groups in total. The van der Waals surface area contributed by atoms with Crippen LogP contribution in [0.4, 0.5) is 14.4 Å². The van der Waals surface area contributed by atoms with E-state index in [2.05, 4.69) is 35.4 Å². The van der Waals surface area contributed by atoms with Gasteiger partial charge in [-0.1, -0.05) is 29.8 Å². The van der Waals surface area contributed by atoms with Crippen molar-refractivity contribution in [3.05, 3.63) is 35.4 Å². The van der Waals surface area contributed by atoms with E-state index in [0.29, 0.717) is 32.2 Å². The van der Waals surface area contributed by atoms with E-state index in [-0.39, 0.29) is 64.8 Å². The predicted molar refractivity (Wildman–Crippen MR) is 172 cm³/mol. The molecule has 1 saturated heterocycles. The molecule has 0 saturated carbocycles. The van der Waals surface area contributed by atoms with Crippen molar-refractivity contribution < 1.29 is 44.1 Å². The molecule has 0 aromatic heterocycles. The number of thiol groups is 1. The van der Waals surface area contributed by atoms with E-state index in [1.807, 2.05) is 19.1 Å². The standard InChI is InChI=1S/C30H46N6O9S/c1-22-8-10-23(11-9-22)5-4-7-25(37)31-12-3-2-6-24(27(39)46)32-26(38)21-33-13-15-34(28(40)41)17-19-36(30(44)45)20-18-35(16-14-33)29(42)43/h8-11,24H,2-7,12-21H2,1H3,(H,31,37)(H,32,38)(H,39,46)(H,40,41)(H,42,43)(H,44,45). The number of carbonyl (C=O) groups is 6. The number of nitrogens with one attached hydrogen (secondary N) is 2. The second-order valence-corrected chi connectivity index (χ2v) is 11.7. The molecule has 1 aromatic carbocycles. The van der Waals surface area contributed by atoms with Gasteiger partial charge in [-0.15, -0.1) is 12.6 Å². The summed E-state index contributed by atoms with van der Waals surface area (Å²) in [5, 5.41) is 33.6. The number of benzene rings is 1. The first-order chi connectivity index (χ1) is 21.8. The van der Waals surface area contributed by atoms with Crippen molar-refractivity contribution in [1.82, 2.24) is 30.2 Å². The summed E-state index contributed by atoms with van der Waals surface area (Å²) in [7, 11) is 0. The molecule has 2 rings (SSSR count). The van der Waals surface area contributed by atoms with Crippen LogP contribution in [0.1, 0.15) is 43.2 Å². The van der Waals surface area contributed by atoms with Gasteiger partial charge in [0.05, 0.1) is 12.6 Å². The van der Waals surface area contributed by atoms with Crippen LogP contribution in [0.15, 0.2) is 24.3 Å². The minimum atomic E-state index is -1.28. The number of carboxylic acid groups (broad SMARTS) is 3. The van der Waals surface area contributed by atoms with Crippen LogP contribution in [0.5, 0.6) is 0 Å². The average Bonchev–Trinajstić information content (AvgIpc) is 2.98. The number of hydrogen-bond acceptors (Lipinski definition) is 7. The molecule has 1 fully saturated rings. The number of unbranched alkanes of at least 4 members (excludes halogenated alkanes) is 1. The lowest BCUT2D eigenvalue weighted by molar-refractivity contribution is -0.125. The summed E-state index contributed by atoms with van der Waals surface area (Å²) < 4.78 is 0. The molecule has 15 nitrogen and oxygen atoms in total. The molecule has 0 bridgehead atoms. The topological polar surface area (TPSA) is 200 Å². The normalized spacial score (nSPS) is 15.7. The Labute approximate surface area is 274 Å². The van der Waals surface area contributed by atoms with Crippen LogP contribution >= 0.6 is 12.6 Å². The molecule has 1 heterocycles. The van der Waals surface area contributed by atoms with Crippen LogP contribution in [-0.2, 0) is 20.8 Å². The zero-order chi connectivity index (χ0) is 34.1. The van der Waals surface area contributed by atoms with Crippen LogP contribution < -0.4 is 10.6 Å². The van der Waals surface area contributed by atoms with Crippen molar-refractivity contribution in [1.29, 1.82) is 0 Å². The van der Waals surface area contributed by atoms with Crippen LogP contribution in [-0.4, -0.2) is 142 Å². The Balaban J connectivity index is 1.83. The Hall–Kier alpha value is -4.05. The highest BCUT2D eigenvalue weighted by Gasteiger charge is 2.24. The van der Waals surface area contributed by atoms with Gasteiger partial charge in [0.1, 0.15) is 0 Å². The molecule has 16 heteroatoms. The van der Waals surface area contributed by atoms with Gasteiger partial charge in [0, 0.05) is 65.3 Å². The minimum absolute atomic E-state index is 0.0459. The molecular weight excluding hydrogens is 620 g/mol. The van der Waals surface area contributed by atoms with Gasteiger partial charge < -0.3 is 40.7 Å². The molecule has 256 valence electrons. The van der Waals surface area contributed by atoms with Gasteiger partial charge in [0.15, 0.2) is 0 Å². The molecule has 46 heavy (non-hydrogen) atoms. The lowest BCUT2D eigenvalue weighted by Gasteiger charge is -2.32. The molecule has 1 aromatic rings. The zero-order valence-electron chi connectivity index (χ0n) is 26.2. The predicted octanol–water partition coefficient (Wildman–Crippen LogP) is 1.80. The highest BCUT2D eigenvalue weighted by atomic mass is 32.1. The highest BCUT2D eigenvalue weighted by Crippen LogP contribution is 2.08. The van der Waals surface area contributed by atoms with Crippen LogP contribution in [0.25, 0.3) is 0 Å². The number of aryl methyl sites for hydroxylation is 2. The van der Waals surface area contributed by atoms with E-state index < -0.39 is 35.3 Å². The van der Waals surface area contributed by atoms with E-state index in [1.54, 1.807) is 4.90 Å². The molecule has 1 atom stereocenters. The number of hydrogen-bond donors (Lipinski definition) is 6. The summed E-state index contributed by atoms with van der Waals surface area (Å²) in [6.45, 7) is 1.76. The van der Waals surface area contributed by atoms with Crippen molar-refractivity contribution in [3.8, 4) is 0 Å². The Morgan fingerprint density at radius 3 is 1.72 bits per heavy atom. The summed E-state index contributed by atoms with van der Waals surface area (Å²) >= 11 is 3.91. The summed E-state index contributed by atoms with van der Waals surface area (Å²) in [4.78, 5) is 76.9. The first-order valence-electron chi connectivity index (χ1n) is 15.4. The monoisotopic (exact) mass is 666 g/mol. The maximum Gasteiger partial charge on any atom is 0.407 e. The van der Waals surface area contributed by atoms with E-state index >= 15 is 0 Å². The second kappa shape index (κ2) is 20.2. The molecule has 0 spiro atoms. The summed E-state index contributed by atoms with van der Waals surface area (Å²) in [5.74, 6) is -0.558. The zero-order valence-corrected chi connectivity index (χ0v) is 27.1. The third-order valence-corrected chi connectivity index (χ3v) is 8.01. The van der Waals surface area contributed by atoms with Gasteiger partial charge in [0.25, 0.3) is 0 Å². The Morgan fingerprint density at radius 2 is 1.24 bits per heavy atom. The third kappa shape index (κ3) is 14.8. The van der Waals surface area contributed by atoms with E-state index in [4.69, 9.17) is 0 Å². The van der Waals surface area contributed by atoms with Gasteiger partial charge in [0.2, 0.25) is 16.9 Å². The number of nitrogens with zero attached hydrogens (tertiary/aromatic N) is 4. The van der Waals surface area contributed by atoms with Crippen molar-refractivity contribution in [2.24, 2.45) is 0 Å². The Kier molecular flexibility index (Phi) is 16.7. The number of rotatable bonds is 13. The molecule has 1 unspecified atom stereocenters. The first-order valence-corrected chi connectivity index (χ1v) is 15.8. The van der Waals surface area contributed by atoms with Crippen LogP contribution in [0.3, 0.4) is 0 Å². The summed E-state index contributed by atoms with van der Waals surface area (Å²) in [6, 6.07) is 7.33. The van der Waals surface area contributed by atoms with Crippen LogP contribution in [0.2, 0.25) is 0 Å². The van der Waals surface area contributed by atoms with Gasteiger partial charge >= 0.3 is 18.3 Å². The Bertz CT molecular complexity index is 1160. The minimum Gasteiger partial charge on any atom is -0.465 e. The maximum absolute atomic E-state index is 12.9. The average molecular weight is 667 g/mol. The number of carbonyl (C=O) groups excluding carboxylic acids is 3. The molecule has 0 radical (unpaired) electrons. The molecular formula is C30H46N6O9S. The molecule has 0 aliphatic carbocycles. The Morgan fingerprint density at radius 1 is 0.739 bits per heavy atom. The summed E-state index contributed by atoms with van der Waals surface area (Å²) in [6.07, 6.45) is -0.384. The number of amides is 5. The first kappa shape index (κ1) is 38.1. The largest absolute Gasteiger partial charge is 0.465 e. The molecule has 1 aliphatic rings. The maximum atomic E-state index is 12.9. The quantitative estimate of drug-likeness (QED) is 0.133. The fourth-order valence-electron chi connectivity index (χ4n) is 4.88. The smallest absolute Gasteiger partial charge is 0.407 e. The lowest BCUT2D eigenvalue weighted by Crippen LogP contribution is -2.51. The fraction of sp³-hybridized carbons (Fsp3) is 0.600. The fourth-order valence-corrected chi connectivity index (χ4v) is 5.08.